The molecule has 1 N–H and O–H groups in total. The molecule has 0 aliphatic carbocycles. The van der Waals surface area contributed by atoms with Crippen molar-refractivity contribution in [1.29, 1.82) is 0 Å². The molecule has 0 aliphatic heterocycles. The van der Waals surface area contributed by atoms with Crippen molar-refractivity contribution in [2.75, 3.05) is 19.8 Å². The highest BCUT2D eigenvalue weighted by Gasteiger charge is 2.13. The summed E-state index contributed by atoms with van der Waals surface area (Å²) in [5, 5.41) is 10.1. The molecule has 0 aromatic heterocycles. The van der Waals surface area contributed by atoms with Crippen LogP contribution in [0.15, 0.2) is 48.5 Å². The second-order valence-corrected chi connectivity index (χ2v) is 5.80. The Morgan fingerprint density at radius 1 is 0.960 bits per heavy atom. The highest BCUT2D eigenvalue weighted by molar-refractivity contribution is 5.18. The monoisotopic (exact) mass is 345 g/mol. The third-order valence-electron chi connectivity index (χ3n) is 3.60. The number of aliphatic hydroxyl groups excluding tert-OH is 1. The van der Waals surface area contributed by atoms with Crippen LogP contribution in [0.2, 0.25) is 0 Å². The van der Waals surface area contributed by atoms with E-state index in [2.05, 4.69) is 5.92 Å². The molecule has 132 valence electrons. The van der Waals surface area contributed by atoms with Gasteiger partial charge in [0.05, 0.1) is 12.7 Å². The van der Waals surface area contributed by atoms with Crippen LogP contribution >= 0.6 is 0 Å². The first-order chi connectivity index (χ1) is 12.1. The average molecular weight is 345 g/mol. The summed E-state index contributed by atoms with van der Waals surface area (Å²) in [6.07, 6.45) is 4.40. The van der Waals surface area contributed by atoms with Crippen LogP contribution in [0.1, 0.15) is 11.1 Å². The van der Waals surface area contributed by atoms with Gasteiger partial charge in [0.15, 0.2) is 0 Å². The molecule has 2 aromatic rings. The van der Waals surface area contributed by atoms with E-state index < -0.39 is 6.10 Å². The van der Waals surface area contributed by atoms with Gasteiger partial charge in [0.25, 0.3) is 0 Å². The molecule has 0 aliphatic rings. The molecule has 5 heteroatoms. The van der Waals surface area contributed by atoms with Gasteiger partial charge < -0.3 is 9.84 Å². The Morgan fingerprint density at radius 3 is 1.88 bits per heavy atom. The summed E-state index contributed by atoms with van der Waals surface area (Å²) in [7, 11) is 0. The molecular weight excluding hydrogens is 324 g/mol. The molecule has 0 saturated carbocycles. The Hall–Kier alpha value is -2.26. The van der Waals surface area contributed by atoms with Gasteiger partial charge in [0.2, 0.25) is 0 Å². The highest BCUT2D eigenvalue weighted by atomic mass is 19.1. The van der Waals surface area contributed by atoms with Gasteiger partial charge in [-0.2, -0.15) is 0 Å². The van der Waals surface area contributed by atoms with E-state index in [9.17, 15) is 13.9 Å². The normalized spacial score (nSPS) is 12.1. The van der Waals surface area contributed by atoms with Gasteiger partial charge >= 0.3 is 0 Å². The maximum absolute atomic E-state index is 13.1. The van der Waals surface area contributed by atoms with Gasteiger partial charge in [0.1, 0.15) is 18.2 Å². The van der Waals surface area contributed by atoms with Crippen molar-refractivity contribution < 1.29 is 18.6 Å². The lowest BCUT2D eigenvalue weighted by Crippen LogP contribution is -2.34. The van der Waals surface area contributed by atoms with Crippen LogP contribution in [0.4, 0.5) is 8.78 Å². The first kappa shape index (κ1) is 19.1. The minimum Gasteiger partial charge on any atom is -0.389 e. The zero-order valence-corrected chi connectivity index (χ0v) is 13.9. The summed E-state index contributed by atoms with van der Waals surface area (Å²) in [5.74, 6) is 1.76. The third-order valence-corrected chi connectivity index (χ3v) is 3.60. The minimum absolute atomic E-state index is 0.132. The van der Waals surface area contributed by atoms with Crippen LogP contribution < -0.4 is 0 Å². The SMILES string of the molecule is C#CCOC[C@@H](O)CN(Cc1ccc(F)cc1)Cc1ccc(F)cc1. The molecule has 0 bridgehead atoms. The topological polar surface area (TPSA) is 32.7 Å². The zero-order chi connectivity index (χ0) is 18.1. The number of ether oxygens (including phenoxy) is 1. The van der Waals surface area contributed by atoms with Gasteiger partial charge in [0, 0.05) is 19.6 Å². The highest BCUT2D eigenvalue weighted by Crippen LogP contribution is 2.12. The van der Waals surface area contributed by atoms with E-state index >= 15 is 0 Å². The molecule has 25 heavy (non-hydrogen) atoms. The average Bonchev–Trinajstić information content (AvgIpc) is 2.59. The second-order valence-electron chi connectivity index (χ2n) is 5.80. The number of hydrogen-bond donors (Lipinski definition) is 1. The van der Waals surface area contributed by atoms with Crippen LogP contribution in [-0.4, -0.2) is 35.9 Å². The van der Waals surface area contributed by atoms with Gasteiger partial charge in [-0.25, -0.2) is 8.78 Å². The largest absolute Gasteiger partial charge is 0.389 e. The van der Waals surface area contributed by atoms with E-state index in [1.54, 1.807) is 24.3 Å². The number of hydrogen-bond acceptors (Lipinski definition) is 3. The van der Waals surface area contributed by atoms with Gasteiger partial charge in [-0.05, 0) is 35.4 Å². The van der Waals surface area contributed by atoms with Crippen molar-refractivity contribution in [3.05, 3.63) is 71.3 Å². The van der Waals surface area contributed by atoms with Crippen LogP contribution in [0.3, 0.4) is 0 Å². The van der Waals surface area contributed by atoms with Gasteiger partial charge in [-0.1, -0.05) is 30.2 Å². The van der Waals surface area contributed by atoms with E-state index in [0.717, 1.165) is 11.1 Å². The van der Waals surface area contributed by atoms with Gasteiger partial charge in [-0.15, -0.1) is 6.42 Å². The van der Waals surface area contributed by atoms with Crippen molar-refractivity contribution in [1.82, 2.24) is 4.90 Å². The maximum atomic E-state index is 13.1. The molecule has 0 amide bonds. The van der Waals surface area contributed by atoms with Crippen LogP contribution in [-0.2, 0) is 17.8 Å². The summed E-state index contributed by atoms with van der Waals surface area (Å²) < 4.78 is 31.3. The lowest BCUT2D eigenvalue weighted by atomic mass is 10.1. The molecule has 0 heterocycles. The Kier molecular flexibility index (Phi) is 7.55. The molecule has 0 radical (unpaired) electrons. The molecule has 0 spiro atoms. The number of benzene rings is 2. The Balaban J connectivity index is 2.02. The van der Waals surface area contributed by atoms with E-state index in [4.69, 9.17) is 11.2 Å². The second kappa shape index (κ2) is 9.90. The smallest absolute Gasteiger partial charge is 0.123 e. The van der Waals surface area contributed by atoms with Crippen LogP contribution in [0.5, 0.6) is 0 Å². The first-order valence-electron chi connectivity index (χ1n) is 7.97. The molecule has 0 unspecified atom stereocenters. The number of nitrogens with zero attached hydrogens (tertiary/aromatic N) is 1. The number of halogens is 2. The van der Waals surface area contributed by atoms with Crippen molar-refractivity contribution in [3.63, 3.8) is 0 Å². The zero-order valence-electron chi connectivity index (χ0n) is 13.9. The Morgan fingerprint density at radius 2 is 1.44 bits per heavy atom. The Labute approximate surface area is 146 Å². The first-order valence-corrected chi connectivity index (χ1v) is 7.97. The third kappa shape index (κ3) is 7.02. The molecular formula is C20H21F2NO2. The molecule has 0 fully saturated rings. The van der Waals surface area contributed by atoms with Crippen LogP contribution in [0, 0.1) is 24.0 Å². The molecule has 2 aromatic carbocycles. The fourth-order valence-electron chi connectivity index (χ4n) is 2.49. The lowest BCUT2D eigenvalue weighted by Gasteiger charge is -2.25. The number of rotatable bonds is 9. The maximum Gasteiger partial charge on any atom is 0.123 e. The summed E-state index contributed by atoms with van der Waals surface area (Å²) in [6, 6.07) is 12.4. The summed E-state index contributed by atoms with van der Waals surface area (Å²) >= 11 is 0. The van der Waals surface area contributed by atoms with Crippen LogP contribution in [0.25, 0.3) is 0 Å². The van der Waals surface area contributed by atoms with E-state index in [-0.39, 0.29) is 24.8 Å². The number of terminal acetylenes is 1. The fraction of sp³-hybridized carbons (Fsp3) is 0.300. The predicted octanol–water partition coefficient (Wildman–Crippen LogP) is 2.98. The molecule has 0 saturated heterocycles. The van der Waals surface area contributed by atoms with Crippen molar-refractivity contribution in [2.24, 2.45) is 0 Å². The van der Waals surface area contributed by atoms with Crippen molar-refractivity contribution in [3.8, 4) is 12.3 Å². The lowest BCUT2D eigenvalue weighted by molar-refractivity contribution is 0.0243. The molecule has 3 nitrogen and oxygen atoms in total. The van der Waals surface area contributed by atoms with Crippen molar-refractivity contribution >= 4 is 0 Å². The van der Waals surface area contributed by atoms with E-state index in [1.165, 1.54) is 24.3 Å². The van der Waals surface area contributed by atoms with Gasteiger partial charge in [-0.3, -0.25) is 4.90 Å². The van der Waals surface area contributed by atoms with E-state index in [0.29, 0.717) is 19.6 Å². The Bertz CT molecular complexity index is 633. The summed E-state index contributed by atoms with van der Waals surface area (Å²) in [5.41, 5.74) is 1.83. The van der Waals surface area contributed by atoms with Crippen molar-refractivity contribution in [2.45, 2.75) is 19.2 Å². The predicted molar refractivity (Wildman–Crippen MR) is 92.6 cm³/mol. The quantitative estimate of drug-likeness (QED) is 0.560. The number of aliphatic hydroxyl groups is 1. The molecule has 1 atom stereocenters. The standard InChI is InChI=1S/C20H21F2NO2/c1-2-11-25-15-20(24)14-23(12-16-3-7-18(21)8-4-16)13-17-5-9-19(22)10-6-17/h1,3-10,20,24H,11-15H2/t20-/m0/s1. The molecule has 2 rings (SSSR count). The summed E-state index contributed by atoms with van der Waals surface area (Å²) in [4.78, 5) is 1.99. The minimum atomic E-state index is -0.714. The summed E-state index contributed by atoms with van der Waals surface area (Å²) in [6.45, 7) is 1.66. The fourth-order valence-corrected chi connectivity index (χ4v) is 2.49. The van der Waals surface area contributed by atoms with E-state index in [1.807, 2.05) is 4.90 Å².